The van der Waals surface area contributed by atoms with E-state index in [2.05, 4.69) is 17.2 Å². The summed E-state index contributed by atoms with van der Waals surface area (Å²) < 4.78 is 4.48. The predicted molar refractivity (Wildman–Crippen MR) is 153 cm³/mol. The number of unbranched alkanes of at least 4 members (excludes halogenated alkanes) is 14. The molecule has 0 saturated carbocycles. The number of nitrogens with zero attached hydrogens (tertiary/aromatic N) is 4. The summed E-state index contributed by atoms with van der Waals surface area (Å²) in [5.41, 5.74) is 0.369. The van der Waals surface area contributed by atoms with E-state index in [1.54, 1.807) is 25.0 Å². The zero-order valence-electron chi connectivity index (χ0n) is 23.8. The molecule has 0 fully saturated rings. The summed E-state index contributed by atoms with van der Waals surface area (Å²) in [4.78, 5) is 29.4. The van der Waals surface area contributed by atoms with Gasteiger partial charge in [0, 0.05) is 27.2 Å². The van der Waals surface area contributed by atoms with E-state index in [9.17, 15) is 14.7 Å². The van der Waals surface area contributed by atoms with Crippen molar-refractivity contribution in [1.82, 2.24) is 24.0 Å². The Balaban J connectivity index is 1.43. The molecule has 2 aromatic heterocycles. The molecule has 1 atom stereocenters. The number of fused-ring (bicyclic) bond motifs is 1. The van der Waals surface area contributed by atoms with Crippen LogP contribution in [0.5, 0.6) is 0 Å². The highest BCUT2D eigenvalue weighted by molar-refractivity contribution is 5.69. The molecule has 0 aliphatic rings. The van der Waals surface area contributed by atoms with Gasteiger partial charge in [-0.05, 0) is 25.8 Å². The van der Waals surface area contributed by atoms with Gasteiger partial charge in [-0.25, -0.2) is 9.78 Å². The van der Waals surface area contributed by atoms with Gasteiger partial charge in [-0.1, -0.05) is 96.8 Å². The molecule has 1 unspecified atom stereocenters. The minimum atomic E-state index is -0.294. The zero-order valence-corrected chi connectivity index (χ0v) is 23.8. The second-order valence-corrected chi connectivity index (χ2v) is 10.8. The molecule has 0 spiro atoms. The summed E-state index contributed by atoms with van der Waals surface area (Å²) in [7, 11) is 3.44. The number of aromatic nitrogens is 4. The smallest absolute Gasteiger partial charge is 0.332 e. The fraction of sp³-hybridized carbons (Fsp3) is 0.828. The zero-order chi connectivity index (χ0) is 26.9. The minimum absolute atomic E-state index is 0.240. The van der Waals surface area contributed by atoms with Gasteiger partial charge in [-0.2, -0.15) is 0 Å². The molecule has 8 heteroatoms. The van der Waals surface area contributed by atoms with Gasteiger partial charge in [0.05, 0.1) is 12.4 Å². The van der Waals surface area contributed by atoms with Crippen molar-refractivity contribution in [3.8, 4) is 0 Å². The minimum Gasteiger partial charge on any atom is -0.392 e. The normalized spacial score (nSPS) is 12.5. The van der Waals surface area contributed by atoms with Crippen molar-refractivity contribution in [2.75, 3.05) is 13.1 Å². The predicted octanol–water partition coefficient (Wildman–Crippen LogP) is 5.04. The van der Waals surface area contributed by atoms with Gasteiger partial charge in [0.1, 0.15) is 0 Å². The molecule has 0 aliphatic heterocycles. The summed E-state index contributed by atoms with van der Waals surface area (Å²) in [5, 5.41) is 13.6. The highest BCUT2D eigenvalue weighted by Gasteiger charge is 2.14. The molecular formula is C29H53N5O3. The molecule has 2 aromatic rings. The van der Waals surface area contributed by atoms with E-state index in [1.807, 2.05) is 0 Å². The molecule has 2 N–H and O–H groups in total. The van der Waals surface area contributed by atoms with Crippen LogP contribution in [-0.4, -0.2) is 43.0 Å². The fourth-order valence-corrected chi connectivity index (χ4v) is 5.06. The second kappa shape index (κ2) is 18.3. The maximum atomic E-state index is 12.7. The van der Waals surface area contributed by atoms with Crippen LogP contribution in [0.4, 0.5) is 0 Å². The third-order valence-electron chi connectivity index (χ3n) is 7.46. The Morgan fingerprint density at radius 2 is 1.41 bits per heavy atom. The maximum absolute atomic E-state index is 12.7. The molecule has 0 saturated heterocycles. The monoisotopic (exact) mass is 519 g/mol. The molecular weight excluding hydrogens is 466 g/mol. The molecule has 212 valence electrons. The standard InChI is InChI=1S/C29H53N5O3/c1-4-5-6-7-8-9-12-15-18-21-30-23-25(35)20-17-14-11-10-13-16-19-22-34-28(36)26-27(31-24-32(26)2)33(3)29(34)37/h24-25,30,35H,4-23H2,1-3H3. The van der Waals surface area contributed by atoms with Gasteiger partial charge < -0.3 is 15.0 Å². The van der Waals surface area contributed by atoms with Gasteiger partial charge in [-0.3, -0.25) is 13.9 Å². The van der Waals surface area contributed by atoms with E-state index in [1.165, 1.54) is 73.3 Å². The lowest BCUT2D eigenvalue weighted by Gasteiger charge is -2.12. The Bertz CT molecular complexity index is 994. The summed E-state index contributed by atoms with van der Waals surface area (Å²) in [5.74, 6) is 0. The van der Waals surface area contributed by atoms with E-state index < -0.39 is 0 Å². The number of imidazole rings is 1. The maximum Gasteiger partial charge on any atom is 0.332 e. The van der Waals surface area contributed by atoms with Gasteiger partial charge in [-0.15, -0.1) is 0 Å². The average molecular weight is 520 g/mol. The fourth-order valence-electron chi connectivity index (χ4n) is 5.06. The molecule has 0 aromatic carbocycles. The number of nitrogens with one attached hydrogen (secondary N) is 1. The SMILES string of the molecule is CCCCCCCCCCCNCC(O)CCCCCCCCCn1c(=O)c2c(ncn2C)n(C)c1=O. The molecule has 2 heterocycles. The Hall–Kier alpha value is -1.93. The summed E-state index contributed by atoms with van der Waals surface area (Å²) in [6.45, 7) is 4.44. The van der Waals surface area contributed by atoms with Gasteiger partial charge in [0.25, 0.3) is 5.56 Å². The molecule has 37 heavy (non-hydrogen) atoms. The van der Waals surface area contributed by atoms with E-state index >= 15 is 0 Å². The molecule has 0 aliphatic carbocycles. The number of aliphatic hydroxyl groups is 1. The van der Waals surface area contributed by atoms with Crippen LogP contribution in [0.2, 0.25) is 0 Å². The lowest BCUT2D eigenvalue weighted by Crippen LogP contribution is -2.39. The lowest BCUT2D eigenvalue weighted by atomic mass is 10.1. The number of hydrogen-bond acceptors (Lipinski definition) is 5. The van der Waals surface area contributed by atoms with Crippen molar-refractivity contribution in [3.05, 3.63) is 27.2 Å². The van der Waals surface area contributed by atoms with Crippen LogP contribution in [-0.2, 0) is 20.6 Å². The summed E-state index contributed by atoms with van der Waals surface area (Å²) in [6, 6.07) is 0. The van der Waals surface area contributed by atoms with E-state index in [0.29, 0.717) is 24.3 Å². The summed E-state index contributed by atoms with van der Waals surface area (Å²) in [6.07, 6.45) is 21.8. The number of rotatable bonds is 22. The van der Waals surface area contributed by atoms with E-state index in [4.69, 9.17) is 0 Å². The lowest BCUT2D eigenvalue weighted by molar-refractivity contribution is 0.158. The van der Waals surface area contributed by atoms with Crippen molar-refractivity contribution in [2.45, 2.75) is 129 Å². The molecule has 2 rings (SSSR count). The second-order valence-electron chi connectivity index (χ2n) is 10.8. The van der Waals surface area contributed by atoms with Gasteiger partial charge in [0.15, 0.2) is 11.2 Å². The molecule has 0 bridgehead atoms. The Morgan fingerprint density at radius 3 is 2.05 bits per heavy atom. The third-order valence-corrected chi connectivity index (χ3v) is 7.46. The van der Waals surface area contributed by atoms with Crippen LogP contribution in [0.3, 0.4) is 0 Å². The summed E-state index contributed by atoms with van der Waals surface area (Å²) >= 11 is 0. The number of aliphatic hydroxyl groups excluding tert-OH is 1. The van der Waals surface area contributed by atoms with Crippen LogP contribution < -0.4 is 16.6 Å². The highest BCUT2D eigenvalue weighted by Crippen LogP contribution is 2.11. The van der Waals surface area contributed by atoms with Gasteiger partial charge in [0.2, 0.25) is 0 Å². The first-order chi connectivity index (χ1) is 18.0. The average Bonchev–Trinajstić information content (AvgIpc) is 3.28. The van der Waals surface area contributed by atoms with Crippen LogP contribution in [0.25, 0.3) is 11.2 Å². The molecule has 0 radical (unpaired) electrons. The first kappa shape index (κ1) is 31.3. The Labute approximate surface area is 223 Å². The van der Waals surface area contributed by atoms with E-state index in [0.717, 1.165) is 51.5 Å². The quantitative estimate of drug-likeness (QED) is 0.213. The largest absolute Gasteiger partial charge is 0.392 e. The van der Waals surface area contributed by atoms with Crippen molar-refractivity contribution < 1.29 is 5.11 Å². The Kier molecular flexibility index (Phi) is 15.5. The van der Waals surface area contributed by atoms with Crippen LogP contribution >= 0.6 is 0 Å². The third kappa shape index (κ3) is 11.1. The van der Waals surface area contributed by atoms with Crippen LogP contribution in [0, 0.1) is 0 Å². The Morgan fingerprint density at radius 1 is 0.838 bits per heavy atom. The molecule has 0 amide bonds. The van der Waals surface area contributed by atoms with Gasteiger partial charge >= 0.3 is 5.69 Å². The first-order valence-electron chi connectivity index (χ1n) is 15.0. The van der Waals surface area contributed by atoms with E-state index in [-0.39, 0.29) is 17.4 Å². The van der Waals surface area contributed by atoms with Crippen LogP contribution in [0.1, 0.15) is 116 Å². The van der Waals surface area contributed by atoms with Crippen molar-refractivity contribution >= 4 is 11.2 Å². The highest BCUT2D eigenvalue weighted by atomic mass is 16.3. The number of hydrogen-bond donors (Lipinski definition) is 2. The van der Waals surface area contributed by atoms with Crippen molar-refractivity contribution in [1.29, 1.82) is 0 Å². The first-order valence-corrected chi connectivity index (χ1v) is 15.0. The van der Waals surface area contributed by atoms with Crippen LogP contribution in [0.15, 0.2) is 15.9 Å². The van der Waals surface area contributed by atoms with Crippen molar-refractivity contribution in [2.24, 2.45) is 14.1 Å². The van der Waals surface area contributed by atoms with Crippen molar-refractivity contribution in [3.63, 3.8) is 0 Å². The number of aryl methyl sites for hydroxylation is 2. The topological polar surface area (TPSA) is 94.1 Å². The molecule has 8 nitrogen and oxygen atoms in total.